The molecule has 3 heterocycles. The number of imidazole rings is 1. The average molecular weight is 386 g/mol. The highest BCUT2D eigenvalue weighted by molar-refractivity contribution is 8.01. The van der Waals surface area contributed by atoms with Crippen LogP contribution in [0.15, 0.2) is 21.5 Å². The summed E-state index contributed by atoms with van der Waals surface area (Å²) >= 11 is 2.72. The first kappa shape index (κ1) is 17.6. The second-order valence-corrected chi connectivity index (χ2v) is 8.32. The molecule has 0 aliphatic rings. The monoisotopic (exact) mass is 386 g/mol. The second-order valence-electron chi connectivity index (χ2n) is 4.67. The van der Waals surface area contributed by atoms with Crippen molar-refractivity contribution in [2.45, 2.75) is 21.7 Å². The van der Waals surface area contributed by atoms with Gasteiger partial charge in [-0.15, -0.1) is 23.1 Å². The molecule has 0 fully saturated rings. The smallest absolute Gasteiger partial charge is 0.324 e. The van der Waals surface area contributed by atoms with Gasteiger partial charge in [0.15, 0.2) is 13.7 Å². The summed E-state index contributed by atoms with van der Waals surface area (Å²) in [5.41, 5.74) is -2.66. The number of aromatic nitrogens is 4. The van der Waals surface area contributed by atoms with Crippen molar-refractivity contribution in [2.24, 2.45) is 7.05 Å². The number of aryl methyl sites for hydroxylation is 1. The summed E-state index contributed by atoms with van der Waals surface area (Å²) in [6.45, 7) is 2.02. The van der Waals surface area contributed by atoms with Crippen LogP contribution in [0.3, 0.4) is 0 Å². The molecule has 0 unspecified atom stereocenters. The fraction of sp³-hybridized carbons (Fsp3) is 0.308. The predicted octanol–water partition coefficient (Wildman–Crippen LogP) is 3.61. The normalized spacial score (nSPS) is 12.2. The molecule has 3 aromatic rings. The third-order valence-corrected chi connectivity index (χ3v) is 5.75. The summed E-state index contributed by atoms with van der Waals surface area (Å²) < 4.78 is 40.2. The summed E-state index contributed by atoms with van der Waals surface area (Å²) in [5.74, 6) is 1.41. The maximum absolute atomic E-state index is 12.5. The average Bonchev–Trinajstić information content (AvgIpc) is 2.98. The van der Waals surface area contributed by atoms with E-state index in [4.69, 9.17) is 7.85 Å². The van der Waals surface area contributed by atoms with E-state index in [1.807, 2.05) is 6.92 Å². The quantitative estimate of drug-likeness (QED) is 0.506. The highest BCUT2D eigenvalue weighted by Crippen LogP contribution is 2.37. The first-order valence-corrected chi connectivity index (χ1v) is 9.38. The van der Waals surface area contributed by atoms with Gasteiger partial charge < -0.3 is 4.57 Å². The van der Waals surface area contributed by atoms with Crippen LogP contribution in [0.1, 0.15) is 6.92 Å². The van der Waals surface area contributed by atoms with E-state index in [0.29, 0.717) is 27.5 Å². The van der Waals surface area contributed by atoms with Crippen LogP contribution in [0.2, 0.25) is 0 Å². The summed E-state index contributed by atoms with van der Waals surface area (Å²) in [6.07, 6.45) is 1.39. The zero-order valence-electron chi connectivity index (χ0n) is 12.6. The van der Waals surface area contributed by atoms with Crippen LogP contribution >= 0.6 is 34.9 Å². The van der Waals surface area contributed by atoms with E-state index in [9.17, 15) is 13.2 Å². The number of hydrogen-bond donors (Lipinski definition) is 0. The zero-order valence-corrected chi connectivity index (χ0v) is 15.0. The van der Waals surface area contributed by atoms with E-state index >= 15 is 0 Å². The molecule has 3 aromatic heterocycles. The van der Waals surface area contributed by atoms with Crippen molar-refractivity contribution in [1.29, 1.82) is 0 Å². The number of thiazole rings is 1. The Morgan fingerprint density at radius 3 is 2.75 bits per heavy atom. The van der Waals surface area contributed by atoms with E-state index in [0.717, 1.165) is 9.96 Å². The Kier molecular flexibility index (Phi) is 4.85. The summed E-state index contributed by atoms with van der Waals surface area (Å²) in [5, 5.41) is -0.138. The molecule has 0 amide bonds. The Labute approximate surface area is 149 Å². The van der Waals surface area contributed by atoms with Gasteiger partial charge in [-0.25, -0.2) is 15.0 Å². The molecule has 0 aromatic carbocycles. The lowest BCUT2D eigenvalue weighted by Gasteiger charge is -2.04. The van der Waals surface area contributed by atoms with E-state index < -0.39 is 5.51 Å². The second kappa shape index (κ2) is 6.60. The van der Waals surface area contributed by atoms with Gasteiger partial charge in [-0.1, -0.05) is 6.92 Å². The minimum atomic E-state index is -4.38. The molecule has 11 heteroatoms. The van der Waals surface area contributed by atoms with Gasteiger partial charge in [0.1, 0.15) is 10.7 Å². The van der Waals surface area contributed by atoms with Crippen molar-refractivity contribution in [3.63, 3.8) is 0 Å². The van der Waals surface area contributed by atoms with Gasteiger partial charge in [-0.3, -0.25) is 0 Å². The van der Waals surface area contributed by atoms with Crippen LogP contribution in [0, 0.1) is 0 Å². The Balaban J connectivity index is 2.08. The molecular weight excluding hydrogens is 376 g/mol. The van der Waals surface area contributed by atoms with E-state index in [-0.39, 0.29) is 16.8 Å². The molecule has 2 radical (unpaired) electrons. The number of thioether (sulfide) groups is 2. The molecule has 0 saturated carbocycles. The molecule has 0 aliphatic heterocycles. The molecule has 0 atom stereocenters. The van der Waals surface area contributed by atoms with Gasteiger partial charge in [0.2, 0.25) is 0 Å². The van der Waals surface area contributed by atoms with Gasteiger partial charge >= 0.3 is 5.51 Å². The molecule has 0 bridgehead atoms. The Hall–Kier alpha value is -1.20. The van der Waals surface area contributed by atoms with Crippen LogP contribution in [0.25, 0.3) is 22.6 Å². The summed E-state index contributed by atoms with van der Waals surface area (Å²) in [6, 6.07) is 1.33. The number of alkyl halides is 3. The molecule has 0 N–H and O–H groups in total. The largest absolute Gasteiger partial charge is 0.447 e. The molecule has 3 rings (SSSR count). The molecule has 24 heavy (non-hydrogen) atoms. The Morgan fingerprint density at radius 2 is 2.08 bits per heavy atom. The first-order valence-electron chi connectivity index (χ1n) is 6.76. The van der Waals surface area contributed by atoms with Crippen LogP contribution in [0.4, 0.5) is 13.2 Å². The van der Waals surface area contributed by atoms with E-state index in [1.165, 1.54) is 23.6 Å². The fourth-order valence-corrected chi connectivity index (χ4v) is 4.60. The van der Waals surface area contributed by atoms with Crippen molar-refractivity contribution in [3.8, 4) is 11.5 Å². The van der Waals surface area contributed by atoms with Gasteiger partial charge in [0.05, 0.1) is 21.4 Å². The third kappa shape index (κ3) is 3.57. The van der Waals surface area contributed by atoms with Crippen molar-refractivity contribution in [1.82, 2.24) is 19.5 Å². The maximum Gasteiger partial charge on any atom is 0.447 e. The molecule has 0 aliphatic carbocycles. The van der Waals surface area contributed by atoms with Crippen LogP contribution < -0.4 is 4.91 Å². The zero-order chi connectivity index (χ0) is 17.5. The van der Waals surface area contributed by atoms with Gasteiger partial charge in [-0.05, 0) is 11.8 Å². The van der Waals surface area contributed by atoms with Gasteiger partial charge in [-0.2, -0.15) is 13.2 Å². The number of nitrogens with zero attached hydrogens (tertiary/aromatic N) is 4. The highest BCUT2D eigenvalue weighted by atomic mass is 32.2. The van der Waals surface area contributed by atoms with E-state index in [1.54, 1.807) is 23.4 Å². The predicted molar refractivity (Wildman–Crippen MR) is 93.3 cm³/mol. The minimum Gasteiger partial charge on any atom is -0.324 e. The SMILES string of the molecule is [B]c1nc(-c2nc3cc(SC(F)(F)F)ncc3n2C)c(SCC)s1. The Bertz CT molecular complexity index is 891. The summed E-state index contributed by atoms with van der Waals surface area (Å²) in [4.78, 5) is 13.1. The lowest BCUT2D eigenvalue weighted by Crippen LogP contribution is -2.01. The number of fused-ring (bicyclic) bond motifs is 1. The minimum absolute atomic E-state index is 0.138. The van der Waals surface area contributed by atoms with E-state index in [2.05, 4.69) is 15.0 Å². The number of rotatable bonds is 4. The molecule has 0 saturated heterocycles. The van der Waals surface area contributed by atoms with Crippen molar-refractivity contribution in [2.75, 3.05) is 5.75 Å². The molecule has 4 nitrogen and oxygen atoms in total. The van der Waals surface area contributed by atoms with Crippen molar-refractivity contribution < 1.29 is 13.2 Å². The van der Waals surface area contributed by atoms with Gasteiger partial charge in [0.25, 0.3) is 0 Å². The molecular formula is C13H10BF3N4S3. The number of hydrogen-bond acceptors (Lipinski definition) is 6. The molecule has 0 spiro atoms. The maximum atomic E-state index is 12.5. The number of halogens is 3. The Morgan fingerprint density at radius 1 is 1.33 bits per heavy atom. The van der Waals surface area contributed by atoms with Crippen molar-refractivity contribution in [3.05, 3.63) is 12.3 Å². The van der Waals surface area contributed by atoms with Gasteiger partial charge in [0, 0.05) is 23.7 Å². The lowest BCUT2D eigenvalue weighted by molar-refractivity contribution is -0.0329. The van der Waals surface area contributed by atoms with Crippen molar-refractivity contribution >= 4 is 58.6 Å². The first-order chi connectivity index (χ1) is 11.3. The topological polar surface area (TPSA) is 43.6 Å². The fourth-order valence-electron chi connectivity index (χ4n) is 2.15. The van der Waals surface area contributed by atoms with Crippen LogP contribution in [-0.4, -0.2) is 38.6 Å². The standard InChI is InChI=1S/C13H10BF3N4S3/c1-3-22-11-9(20-12(14)23-11)10-19-6-4-8(24-13(15,16)17)18-5-7(6)21(10)2/h4-5H,3H2,1-2H3. The highest BCUT2D eigenvalue weighted by Gasteiger charge is 2.30. The lowest BCUT2D eigenvalue weighted by atomic mass is 10.2. The third-order valence-electron chi connectivity index (χ3n) is 3.06. The summed E-state index contributed by atoms with van der Waals surface area (Å²) in [7, 11) is 7.58. The molecule has 124 valence electrons. The number of pyridine rings is 1. The van der Waals surface area contributed by atoms with Crippen LogP contribution in [0.5, 0.6) is 0 Å². The van der Waals surface area contributed by atoms with Crippen LogP contribution in [-0.2, 0) is 7.05 Å².